The van der Waals surface area contributed by atoms with E-state index in [0.717, 1.165) is 11.1 Å². The Bertz CT molecular complexity index is 1140. The summed E-state index contributed by atoms with van der Waals surface area (Å²) in [5.74, 6) is 0.478. The van der Waals surface area contributed by atoms with E-state index in [2.05, 4.69) is 25.8 Å². The quantitative estimate of drug-likeness (QED) is 0.554. The van der Waals surface area contributed by atoms with Gasteiger partial charge in [-0.1, -0.05) is 65.3 Å². The summed E-state index contributed by atoms with van der Waals surface area (Å²) in [5.41, 5.74) is 2.39. The second-order valence-electron chi connectivity index (χ2n) is 6.21. The maximum Gasteiger partial charge on any atom is 0.292 e. The van der Waals surface area contributed by atoms with Gasteiger partial charge in [-0.2, -0.15) is 5.10 Å². The molecular weight excluding hydrogens is 364 g/mol. The molecule has 4 aromatic rings. The Labute approximate surface area is 160 Å². The van der Waals surface area contributed by atoms with Crippen LogP contribution in [0.25, 0.3) is 11.0 Å². The number of fused-ring (bicyclic) bond motifs is 1. The smallest absolute Gasteiger partial charge is 0.292 e. The largest absolute Gasteiger partial charge is 0.360 e. The fourth-order valence-corrected chi connectivity index (χ4v) is 3.13. The fourth-order valence-electron chi connectivity index (χ4n) is 2.94. The minimum atomic E-state index is -0.347. The second-order valence-corrected chi connectivity index (χ2v) is 6.62. The van der Waals surface area contributed by atoms with E-state index < -0.39 is 0 Å². The lowest BCUT2D eigenvalue weighted by molar-refractivity contribution is 0.667. The van der Waals surface area contributed by atoms with Gasteiger partial charge in [-0.15, -0.1) is 5.10 Å². The third kappa shape index (κ3) is 3.41. The predicted molar refractivity (Wildman–Crippen MR) is 105 cm³/mol. The van der Waals surface area contributed by atoms with Crippen LogP contribution in [0.1, 0.15) is 24.1 Å². The molecule has 0 radical (unpaired) electrons. The molecule has 2 heterocycles. The lowest BCUT2D eigenvalue weighted by Gasteiger charge is -2.14. The van der Waals surface area contributed by atoms with Crippen molar-refractivity contribution in [1.29, 1.82) is 0 Å². The lowest BCUT2D eigenvalue weighted by atomic mass is 10.1. The first kappa shape index (κ1) is 17.2. The number of aromatic nitrogens is 5. The highest BCUT2D eigenvalue weighted by atomic mass is 35.5. The molecular formula is C19H17ClN6O. The van der Waals surface area contributed by atoms with Crippen molar-refractivity contribution in [1.82, 2.24) is 25.2 Å². The normalized spacial score (nSPS) is 12.2. The van der Waals surface area contributed by atoms with Gasteiger partial charge in [-0.25, -0.2) is 9.78 Å². The molecule has 0 bridgehead atoms. The minimum Gasteiger partial charge on any atom is -0.360 e. The molecule has 7 nitrogen and oxygen atoms in total. The molecule has 2 N–H and O–H groups in total. The van der Waals surface area contributed by atoms with Crippen molar-refractivity contribution in [2.24, 2.45) is 0 Å². The van der Waals surface area contributed by atoms with Crippen molar-refractivity contribution in [3.05, 3.63) is 81.1 Å². The molecule has 0 aliphatic carbocycles. The number of nitrogens with zero attached hydrogens (tertiary/aromatic N) is 4. The number of rotatable bonds is 5. The van der Waals surface area contributed by atoms with Gasteiger partial charge in [-0.3, -0.25) is 4.79 Å². The Morgan fingerprint density at radius 1 is 1.15 bits per heavy atom. The van der Waals surface area contributed by atoms with Crippen molar-refractivity contribution in [2.75, 3.05) is 5.32 Å². The standard InChI is InChI=1S/C19H17ClN6O/c1-12(13-7-3-2-4-8-13)21-18-16-17(19(27)24-23-18)26(25-22-16)11-14-9-5-6-10-15(14)20/h2-10,12H,11H2,1H3,(H,21,23)(H,24,27)/t12-/m0/s1. The molecule has 0 saturated carbocycles. The van der Waals surface area contributed by atoms with E-state index in [9.17, 15) is 4.79 Å². The molecule has 0 amide bonds. The molecule has 136 valence electrons. The molecule has 8 heteroatoms. The van der Waals surface area contributed by atoms with Gasteiger partial charge < -0.3 is 5.32 Å². The van der Waals surface area contributed by atoms with Gasteiger partial charge in [0.1, 0.15) is 0 Å². The van der Waals surface area contributed by atoms with Crippen LogP contribution in [-0.2, 0) is 6.54 Å². The van der Waals surface area contributed by atoms with Crippen LogP contribution in [0.5, 0.6) is 0 Å². The monoisotopic (exact) mass is 380 g/mol. The average molecular weight is 381 g/mol. The molecule has 0 aliphatic heterocycles. The zero-order valence-corrected chi connectivity index (χ0v) is 15.3. The summed E-state index contributed by atoms with van der Waals surface area (Å²) in [6.07, 6.45) is 0. The zero-order chi connectivity index (χ0) is 18.8. The van der Waals surface area contributed by atoms with Crippen LogP contribution >= 0.6 is 11.6 Å². The Balaban J connectivity index is 1.70. The molecule has 0 saturated heterocycles. The van der Waals surface area contributed by atoms with Crippen LogP contribution in [-0.4, -0.2) is 25.2 Å². The molecule has 0 spiro atoms. The van der Waals surface area contributed by atoms with Crippen molar-refractivity contribution in [2.45, 2.75) is 19.5 Å². The highest BCUT2D eigenvalue weighted by Gasteiger charge is 2.17. The average Bonchev–Trinajstić information content (AvgIpc) is 3.11. The van der Waals surface area contributed by atoms with Gasteiger partial charge in [0, 0.05) is 5.02 Å². The van der Waals surface area contributed by atoms with E-state index in [1.807, 2.05) is 55.5 Å². The molecule has 2 aromatic carbocycles. The number of nitrogens with one attached hydrogen (secondary N) is 2. The van der Waals surface area contributed by atoms with E-state index in [1.54, 1.807) is 6.07 Å². The molecule has 0 fully saturated rings. The summed E-state index contributed by atoms with van der Waals surface area (Å²) >= 11 is 6.23. The first-order valence-corrected chi connectivity index (χ1v) is 8.88. The summed E-state index contributed by atoms with van der Waals surface area (Å²) in [4.78, 5) is 12.4. The van der Waals surface area contributed by atoms with E-state index in [0.29, 0.717) is 28.4 Å². The number of halogens is 1. The van der Waals surface area contributed by atoms with E-state index in [-0.39, 0.29) is 11.6 Å². The molecule has 0 unspecified atom stereocenters. The predicted octanol–water partition coefficient (Wildman–Crippen LogP) is 3.39. The molecule has 0 aliphatic rings. The van der Waals surface area contributed by atoms with Gasteiger partial charge >= 0.3 is 0 Å². The first-order valence-electron chi connectivity index (χ1n) is 8.50. The van der Waals surface area contributed by atoms with Crippen LogP contribution in [0.2, 0.25) is 5.02 Å². The Hall–Kier alpha value is -3.19. The van der Waals surface area contributed by atoms with Crippen LogP contribution < -0.4 is 10.9 Å². The number of aromatic amines is 1. The second kappa shape index (κ2) is 7.20. The number of benzene rings is 2. The Morgan fingerprint density at radius 3 is 2.67 bits per heavy atom. The van der Waals surface area contributed by atoms with Gasteiger partial charge in [0.25, 0.3) is 5.56 Å². The zero-order valence-electron chi connectivity index (χ0n) is 14.6. The molecule has 2 aromatic heterocycles. The first-order chi connectivity index (χ1) is 13.1. The minimum absolute atomic E-state index is 0.0125. The van der Waals surface area contributed by atoms with Crippen molar-refractivity contribution in [3.63, 3.8) is 0 Å². The maximum absolute atomic E-state index is 12.4. The van der Waals surface area contributed by atoms with Crippen LogP contribution in [0.15, 0.2) is 59.4 Å². The third-order valence-electron chi connectivity index (χ3n) is 4.37. The SMILES string of the molecule is C[C@H](Nc1n[nH]c(=O)c2c1nnn2Cc1ccccc1Cl)c1ccccc1. The highest BCUT2D eigenvalue weighted by molar-refractivity contribution is 6.31. The topological polar surface area (TPSA) is 88.5 Å². The molecule has 4 rings (SSSR count). The number of anilines is 1. The third-order valence-corrected chi connectivity index (χ3v) is 4.74. The summed E-state index contributed by atoms with van der Waals surface area (Å²) in [7, 11) is 0. The maximum atomic E-state index is 12.4. The Morgan fingerprint density at radius 2 is 1.89 bits per heavy atom. The number of hydrogen-bond donors (Lipinski definition) is 2. The van der Waals surface area contributed by atoms with Gasteiger partial charge in [-0.05, 0) is 24.1 Å². The summed E-state index contributed by atoms with van der Waals surface area (Å²) in [5, 5.41) is 18.9. The van der Waals surface area contributed by atoms with Crippen molar-refractivity contribution < 1.29 is 0 Å². The van der Waals surface area contributed by atoms with Gasteiger partial charge in [0.2, 0.25) is 0 Å². The summed E-state index contributed by atoms with van der Waals surface area (Å²) in [6, 6.07) is 17.4. The molecule has 27 heavy (non-hydrogen) atoms. The highest BCUT2D eigenvalue weighted by Crippen LogP contribution is 2.22. The summed E-state index contributed by atoms with van der Waals surface area (Å²) < 4.78 is 1.54. The van der Waals surface area contributed by atoms with Crippen LogP contribution in [0, 0.1) is 0 Å². The van der Waals surface area contributed by atoms with E-state index in [4.69, 9.17) is 11.6 Å². The Kier molecular flexibility index (Phi) is 4.60. The number of H-pyrrole nitrogens is 1. The van der Waals surface area contributed by atoms with Crippen LogP contribution in [0.3, 0.4) is 0 Å². The number of hydrogen-bond acceptors (Lipinski definition) is 5. The van der Waals surface area contributed by atoms with Gasteiger partial charge in [0.05, 0.1) is 12.6 Å². The van der Waals surface area contributed by atoms with E-state index in [1.165, 1.54) is 4.68 Å². The van der Waals surface area contributed by atoms with Crippen LogP contribution in [0.4, 0.5) is 5.82 Å². The van der Waals surface area contributed by atoms with Gasteiger partial charge in [0.15, 0.2) is 16.9 Å². The summed E-state index contributed by atoms with van der Waals surface area (Å²) in [6.45, 7) is 2.36. The lowest BCUT2D eigenvalue weighted by Crippen LogP contribution is -2.17. The molecule has 1 atom stereocenters. The van der Waals surface area contributed by atoms with Crippen molar-refractivity contribution >= 4 is 28.5 Å². The van der Waals surface area contributed by atoms with Crippen molar-refractivity contribution in [3.8, 4) is 0 Å². The van der Waals surface area contributed by atoms with E-state index >= 15 is 0 Å². The fraction of sp³-hybridized carbons (Fsp3) is 0.158.